The topological polar surface area (TPSA) is 35.6 Å². The highest BCUT2D eigenvalue weighted by molar-refractivity contribution is 5.81. The van der Waals surface area contributed by atoms with Crippen molar-refractivity contribution in [1.82, 2.24) is 15.1 Å². The Morgan fingerprint density at radius 1 is 1.47 bits per heavy atom. The van der Waals surface area contributed by atoms with Gasteiger partial charge in [0.15, 0.2) is 0 Å². The minimum absolute atomic E-state index is 0.0290. The second-order valence-electron chi connectivity index (χ2n) is 4.05. The van der Waals surface area contributed by atoms with Crippen molar-refractivity contribution in [2.45, 2.75) is 13.0 Å². The van der Waals surface area contributed by atoms with Crippen LogP contribution in [-0.2, 0) is 4.79 Å². The molecule has 15 heavy (non-hydrogen) atoms. The third-order valence-electron chi connectivity index (χ3n) is 2.89. The zero-order chi connectivity index (χ0) is 11.3. The van der Waals surface area contributed by atoms with E-state index in [4.69, 9.17) is 0 Å². The lowest BCUT2D eigenvalue weighted by Crippen LogP contribution is -2.53. The van der Waals surface area contributed by atoms with Gasteiger partial charge < -0.3 is 10.2 Å². The molecule has 0 aliphatic carbocycles. The molecular weight excluding hydrogens is 190 g/mol. The number of amides is 1. The van der Waals surface area contributed by atoms with Crippen LogP contribution in [-0.4, -0.2) is 61.5 Å². The first-order valence-electron chi connectivity index (χ1n) is 5.46. The third-order valence-corrected chi connectivity index (χ3v) is 2.89. The number of nitrogens with one attached hydrogen (secondary N) is 1. The van der Waals surface area contributed by atoms with Crippen molar-refractivity contribution in [3.8, 4) is 0 Å². The molecule has 0 aromatic rings. The fraction of sp³-hybridized carbons (Fsp3) is 0.727. The number of likely N-dealkylation sites (N-methyl/N-ethyl adjacent to an activating group) is 1. The largest absolute Gasteiger partial charge is 0.351 e. The van der Waals surface area contributed by atoms with Gasteiger partial charge in [0.05, 0.1) is 6.04 Å². The molecule has 4 nitrogen and oxygen atoms in total. The molecule has 1 N–H and O–H groups in total. The fourth-order valence-electron chi connectivity index (χ4n) is 1.70. The van der Waals surface area contributed by atoms with E-state index >= 15 is 0 Å². The van der Waals surface area contributed by atoms with Crippen molar-refractivity contribution in [3.63, 3.8) is 0 Å². The molecule has 0 aromatic heterocycles. The molecule has 1 atom stereocenters. The molecular formula is C11H21N3O. The molecule has 1 unspecified atom stereocenters. The predicted octanol–water partition coefficient (Wildman–Crippen LogP) is -0.0755. The Kier molecular flexibility index (Phi) is 4.78. The van der Waals surface area contributed by atoms with Crippen molar-refractivity contribution in [2.24, 2.45) is 0 Å². The van der Waals surface area contributed by atoms with Gasteiger partial charge in [-0.25, -0.2) is 0 Å². The summed E-state index contributed by atoms with van der Waals surface area (Å²) in [6, 6.07) is -0.0290. The summed E-state index contributed by atoms with van der Waals surface area (Å²) in [7, 11) is 2.11. The highest BCUT2D eigenvalue weighted by Gasteiger charge is 2.23. The molecule has 86 valence electrons. The molecule has 1 rings (SSSR count). The summed E-state index contributed by atoms with van der Waals surface area (Å²) in [5.74, 6) is 0.0967. The van der Waals surface area contributed by atoms with E-state index in [1.54, 1.807) is 6.08 Å². The van der Waals surface area contributed by atoms with Crippen molar-refractivity contribution in [1.29, 1.82) is 0 Å². The second-order valence-corrected chi connectivity index (χ2v) is 4.05. The molecule has 1 aliphatic rings. The number of nitrogens with zero attached hydrogens (tertiary/aromatic N) is 2. The molecule has 0 aromatic carbocycles. The summed E-state index contributed by atoms with van der Waals surface area (Å²) in [5.41, 5.74) is 0. The Hall–Kier alpha value is -0.870. The van der Waals surface area contributed by atoms with Crippen LogP contribution in [0.25, 0.3) is 0 Å². The summed E-state index contributed by atoms with van der Waals surface area (Å²) in [5, 5.41) is 2.83. The van der Waals surface area contributed by atoms with Crippen LogP contribution in [0, 0.1) is 0 Å². The van der Waals surface area contributed by atoms with Crippen LogP contribution in [0.15, 0.2) is 12.7 Å². The predicted molar refractivity (Wildman–Crippen MR) is 61.7 cm³/mol. The number of piperazine rings is 1. The Balaban J connectivity index is 2.35. The Bertz CT molecular complexity index is 222. The van der Waals surface area contributed by atoms with Gasteiger partial charge >= 0.3 is 0 Å². The van der Waals surface area contributed by atoms with Crippen LogP contribution in [0.2, 0.25) is 0 Å². The minimum atomic E-state index is -0.0290. The van der Waals surface area contributed by atoms with Crippen molar-refractivity contribution in [3.05, 3.63) is 12.7 Å². The first kappa shape index (κ1) is 12.2. The quantitative estimate of drug-likeness (QED) is 0.661. The van der Waals surface area contributed by atoms with E-state index in [0.29, 0.717) is 6.54 Å². The number of hydrogen-bond donors (Lipinski definition) is 1. The van der Waals surface area contributed by atoms with Crippen LogP contribution < -0.4 is 5.32 Å². The second kappa shape index (κ2) is 5.88. The van der Waals surface area contributed by atoms with Gasteiger partial charge in [-0.2, -0.15) is 0 Å². The fourth-order valence-corrected chi connectivity index (χ4v) is 1.70. The summed E-state index contributed by atoms with van der Waals surface area (Å²) >= 11 is 0. The van der Waals surface area contributed by atoms with Crippen LogP contribution in [0.5, 0.6) is 0 Å². The van der Waals surface area contributed by atoms with Crippen LogP contribution in [0.3, 0.4) is 0 Å². The van der Waals surface area contributed by atoms with E-state index in [1.165, 1.54) is 0 Å². The van der Waals surface area contributed by atoms with Gasteiger partial charge in [0.25, 0.3) is 0 Å². The van der Waals surface area contributed by atoms with Crippen LogP contribution >= 0.6 is 0 Å². The number of carbonyl (C=O) groups is 1. The van der Waals surface area contributed by atoms with Crippen molar-refractivity contribution < 1.29 is 4.79 Å². The third kappa shape index (κ3) is 3.64. The lowest BCUT2D eigenvalue weighted by Gasteiger charge is -2.35. The molecule has 1 amide bonds. The number of carbonyl (C=O) groups excluding carboxylic acids is 1. The van der Waals surface area contributed by atoms with E-state index in [-0.39, 0.29) is 11.9 Å². The lowest BCUT2D eigenvalue weighted by atomic mass is 10.2. The van der Waals surface area contributed by atoms with Gasteiger partial charge in [0.1, 0.15) is 0 Å². The smallest absolute Gasteiger partial charge is 0.237 e. The number of hydrogen-bond acceptors (Lipinski definition) is 3. The zero-order valence-electron chi connectivity index (χ0n) is 9.70. The molecule has 1 aliphatic heterocycles. The summed E-state index contributed by atoms with van der Waals surface area (Å²) in [4.78, 5) is 16.2. The lowest BCUT2D eigenvalue weighted by molar-refractivity contribution is -0.126. The van der Waals surface area contributed by atoms with Crippen molar-refractivity contribution in [2.75, 3.05) is 39.8 Å². The maximum atomic E-state index is 11.7. The molecule has 1 saturated heterocycles. The summed E-state index contributed by atoms with van der Waals surface area (Å²) in [6.07, 6.45) is 1.70. The van der Waals surface area contributed by atoms with Gasteiger partial charge in [-0.05, 0) is 14.0 Å². The van der Waals surface area contributed by atoms with E-state index < -0.39 is 0 Å². The van der Waals surface area contributed by atoms with E-state index in [2.05, 4.69) is 28.7 Å². The molecule has 4 heteroatoms. The Morgan fingerprint density at radius 2 is 2.07 bits per heavy atom. The van der Waals surface area contributed by atoms with Crippen molar-refractivity contribution >= 4 is 5.91 Å². The maximum Gasteiger partial charge on any atom is 0.237 e. The average molecular weight is 211 g/mol. The van der Waals surface area contributed by atoms with Crippen LogP contribution in [0.4, 0.5) is 0 Å². The van der Waals surface area contributed by atoms with Gasteiger partial charge in [0.2, 0.25) is 5.91 Å². The average Bonchev–Trinajstić information content (AvgIpc) is 2.26. The van der Waals surface area contributed by atoms with Crippen LogP contribution in [0.1, 0.15) is 6.92 Å². The molecule has 0 bridgehead atoms. The molecule has 1 fully saturated rings. The van der Waals surface area contributed by atoms with Gasteiger partial charge in [-0.3, -0.25) is 9.69 Å². The minimum Gasteiger partial charge on any atom is -0.351 e. The standard InChI is InChI=1S/C11H21N3O/c1-4-5-12-11(15)10(2)14-8-6-13(3)7-9-14/h4,10H,1,5-9H2,2-3H3,(H,12,15). The maximum absolute atomic E-state index is 11.7. The van der Waals surface area contributed by atoms with Gasteiger partial charge in [-0.15, -0.1) is 6.58 Å². The number of rotatable bonds is 4. The highest BCUT2D eigenvalue weighted by Crippen LogP contribution is 2.04. The first-order valence-corrected chi connectivity index (χ1v) is 5.46. The van der Waals surface area contributed by atoms with Gasteiger partial charge in [-0.1, -0.05) is 6.08 Å². The van der Waals surface area contributed by atoms with Gasteiger partial charge in [0, 0.05) is 32.7 Å². The first-order chi connectivity index (χ1) is 7.15. The molecule has 0 saturated carbocycles. The Morgan fingerprint density at radius 3 is 2.60 bits per heavy atom. The van der Waals surface area contributed by atoms with E-state index in [0.717, 1.165) is 26.2 Å². The Labute approximate surface area is 91.9 Å². The highest BCUT2D eigenvalue weighted by atomic mass is 16.2. The van der Waals surface area contributed by atoms with E-state index in [1.807, 2.05) is 6.92 Å². The summed E-state index contributed by atoms with van der Waals surface area (Å²) in [6.45, 7) is 10.1. The summed E-state index contributed by atoms with van der Waals surface area (Å²) < 4.78 is 0. The monoisotopic (exact) mass is 211 g/mol. The zero-order valence-corrected chi connectivity index (χ0v) is 9.70. The molecule has 0 spiro atoms. The molecule has 0 radical (unpaired) electrons. The van der Waals surface area contributed by atoms with E-state index in [9.17, 15) is 4.79 Å². The SMILES string of the molecule is C=CCNC(=O)C(C)N1CCN(C)CC1. The normalized spacial score (nSPS) is 20.9. The molecule has 1 heterocycles.